The number of alkyl carbamates (subject to hydrolysis) is 1. The number of fused-ring (bicyclic) bond motifs is 4. The number of nitrogens with one attached hydrogen (secondary N) is 2. The van der Waals surface area contributed by atoms with E-state index in [1.165, 1.54) is 31.0 Å². The first-order valence-electron chi connectivity index (χ1n) is 16.9. The maximum Gasteiger partial charge on any atom is 0.407 e. The van der Waals surface area contributed by atoms with Crippen LogP contribution in [-0.2, 0) is 36.1 Å². The minimum atomic E-state index is -4.25. The van der Waals surface area contributed by atoms with Crippen LogP contribution >= 0.6 is 11.6 Å². The number of sulfonamides is 1. The normalized spacial score (nSPS) is 28.0. The van der Waals surface area contributed by atoms with Crippen LogP contribution in [0.1, 0.15) is 76.5 Å². The Morgan fingerprint density at radius 3 is 2.77 bits per heavy atom. The first kappa shape index (κ1) is 34.6. The van der Waals surface area contributed by atoms with Gasteiger partial charge < -0.3 is 24.4 Å². The molecule has 48 heavy (non-hydrogen) atoms. The fraction of sp³-hybridized carbons (Fsp3) is 0.556. The van der Waals surface area contributed by atoms with Crippen molar-refractivity contribution in [3.05, 3.63) is 64.2 Å². The summed E-state index contributed by atoms with van der Waals surface area (Å²) in [5.41, 5.74) is 2.19. The van der Waals surface area contributed by atoms with E-state index >= 15 is 0 Å². The van der Waals surface area contributed by atoms with Crippen LogP contribution < -0.4 is 19.7 Å². The summed E-state index contributed by atoms with van der Waals surface area (Å²) in [6.07, 6.45) is 5.81. The molecule has 2 aromatic rings. The van der Waals surface area contributed by atoms with Crippen molar-refractivity contribution in [3.8, 4) is 5.75 Å². The van der Waals surface area contributed by atoms with Crippen LogP contribution in [0.2, 0.25) is 5.02 Å². The Morgan fingerprint density at radius 1 is 1.23 bits per heavy atom. The maximum absolute atomic E-state index is 13.6. The third-order valence-electron chi connectivity index (χ3n) is 10.2. The zero-order valence-corrected chi connectivity index (χ0v) is 29.9. The summed E-state index contributed by atoms with van der Waals surface area (Å²) >= 11 is 7.15. The van der Waals surface area contributed by atoms with E-state index in [-0.39, 0.29) is 34.7 Å². The monoisotopic (exact) mass is 699 g/mol. The van der Waals surface area contributed by atoms with Gasteiger partial charge in [-0.2, -0.15) is 0 Å². The van der Waals surface area contributed by atoms with Crippen LogP contribution in [0.15, 0.2) is 47.4 Å². The van der Waals surface area contributed by atoms with E-state index in [4.69, 9.17) is 25.8 Å². The van der Waals surface area contributed by atoms with E-state index in [9.17, 15) is 18.0 Å². The van der Waals surface area contributed by atoms with Gasteiger partial charge in [0.2, 0.25) is 0 Å². The van der Waals surface area contributed by atoms with Crippen LogP contribution in [0.3, 0.4) is 0 Å². The van der Waals surface area contributed by atoms with Gasteiger partial charge in [0.15, 0.2) is 0 Å². The van der Waals surface area contributed by atoms with E-state index in [1.54, 1.807) is 18.2 Å². The number of ether oxygens (including phenoxy) is 3. The first-order chi connectivity index (χ1) is 22.7. The molecule has 0 aromatic heterocycles. The summed E-state index contributed by atoms with van der Waals surface area (Å²) in [6.45, 7) is 11.1. The summed E-state index contributed by atoms with van der Waals surface area (Å²) < 4.78 is 48.0. The molecule has 2 amide bonds. The van der Waals surface area contributed by atoms with Crippen molar-refractivity contribution in [1.82, 2.24) is 10.0 Å². The Labute approximate surface area is 288 Å². The standard InChI is InChI=1S/C36H46ClN3O7S/c1-6-25-27-19-40-20-36(13-7-9-23-15-29(37)26(27)17-28(23)36)21-45-32-12-11-24(16-30(32)40)48(43,44)39-33(41)35(4,5)46-14-8-10-31(25)47-34(42)38-18-22(2)3/h8,10-12,15-17,22,25,27,31H,6-7,9,13-14,18-21H2,1-5H3,(H,38,42)(H,39,41)/b10-8+/t25-,27+,31+,36+/m1/s1. The number of hydrogen-bond donors (Lipinski definition) is 2. The second-order valence-electron chi connectivity index (χ2n) is 14.5. The number of nitrogens with zero attached hydrogens (tertiary/aromatic N) is 1. The molecule has 0 radical (unpaired) electrons. The smallest absolute Gasteiger partial charge is 0.407 e. The molecule has 1 aliphatic carbocycles. The number of aryl methyl sites for hydroxylation is 1. The third-order valence-corrected chi connectivity index (χ3v) is 11.9. The number of rotatable bonds is 4. The van der Waals surface area contributed by atoms with Crippen LogP contribution in [-0.4, -0.2) is 65.0 Å². The van der Waals surface area contributed by atoms with Gasteiger partial charge in [0, 0.05) is 41.9 Å². The van der Waals surface area contributed by atoms with Gasteiger partial charge in [0.1, 0.15) is 17.5 Å². The lowest BCUT2D eigenvalue weighted by Crippen LogP contribution is -2.49. The lowest BCUT2D eigenvalue weighted by Gasteiger charge is -2.45. The minimum Gasteiger partial charge on any atom is -0.490 e. The SMILES string of the molecule is CC[C@H]1[C@@H](OC(=O)NCC(C)C)/C=C/COC(C)(C)C(=O)NS(=O)(=O)c2ccc3c(c2)N2C[C@@H]1c1cc4c(cc1Cl)CCC[C@@]4(CO3)C2. The van der Waals surface area contributed by atoms with Crippen LogP contribution in [0.4, 0.5) is 10.5 Å². The Morgan fingerprint density at radius 2 is 2.02 bits per heavy atom. The van der Waals surface area contributed by atoms with Gasteiger partial charge in [0.05, 0.1) is 23.8 Å². The number of halogens is 1. The molecule has 3 aliphatic heterocycles. The van der Waals surface area contributed by atoms with Gasteiger partial charge in [-0.15, -0.1) is 0 Å². The number of benzene rings is 2. The lowest BCUT2D eigenvalue weighted by molar-refractivity contribution is -0.139. The van der Waals surface area contributed by atoms with E-state index < -0.39 is 33.7 Å². The molecule has 7 bridgehead atoms. The number of anilines is 1. The van der Waals surface area contributed by atoms with Crippen LogP contribution in [0, 0.1) is 11.8 Å². The molecule has 0 unspecified atom stereocenters. The second kappa shape index (κ2) is 13.2. The summed E-state index contributed by atoms with van der Waals surface area (Å²) in [5, 5.41) is 3.55. The van der Waals surface area contributed by atoms with E-state index in [0.29, 0.717) is 49.1 Å². The molecule has 10 nitrogen and oxygen atoms in total. The number of hydrogen-bond acceptors (Lipinski definition) is 8. The van der Waals surface area contributed by atoms with Crippen molar-refractivity contribution in [1.29, 1.82) is 0 Å². The highest BCUT2D eigenvalue weighted by atomic mass is 35.5. The van der Waals surface area contributed by atoms with Crippen molar-refractivity contribution in [2.75, 3.05) is 37.7 Å². The Balaban J connectivity index is 1.54. The van der Waals surface area contributed by atoms with Crippen molar-refractivity contribution in [2.24, 2.45) is 11.8 Å². The van der Waals surface area contributed by atoms with Gasteiger partial charge >= 0.3 is 6.09 Å². The molecule has 12 heteroatoms. The fourth-order valence-corrected chi connectivity index (χ4v) is 9.02. The van der Waals surface area contributed by atoms with Crippen LogP contribution in [0.25, 0.3) is 0 Å². The average molecular weight is 700 g/mol. The van der Waals surface area contributed by atoms with Gasteiger partial charge in [0.25, 0.3) is 15.9 Å². The van der Waals surface area contributed by atoms with Gasteiger partial charge in [-0.1, -0.05) is 44.5 Å². The summed E-state index contributed by atoms with van der Waals surface area (Å²) in [5.74, 6) is -0.414. The van der Waals surface area contributed by atoms with Gasteiger partial charge in [-0.3, -0.25) is 4.79 Å². The molecule has 0 fully saturated rings. The number of carbonyl (C=O) groups is 2. The summed E-state index contributed by atoms with van der Waals surface area (Å²) in [6, 6.07) is 9.11. The van der Waals surface area contributed by atoms with Crippen molar-refractivity contribution < 1.29 is 32.2 Å². The predicted molar refractivity (Wildman–Crippen MR) is 184 cm³/mol. The predicted octanol–water partition coefficient (Wildman–Crippen LogP) is 5.86. The zero-order chi connectivity index (χ0) is 34.4. The summed E-state index contributed by atoms with van der Waals surface area (Å²) in [4.78, 5) is 28.6. The Bertz CT molecular complexity index is 1730. The fourth-order valence-electron chi connectivity index (χ4n) is 7.58. The van der Waals surface area contributed by atoms with Gasteiger partial charge in [-0.25, -0.2) is 17.9 Å². The van der Waals surface area contributed by atoms with Crippen molar-refractivity contribution in [2.45, 2.75) is 88.2 Å². The zero-order valence-electron chi connectivity index (χ0n) is 28.3. The van der Waals surface area contributed by atoms with Crippen molar-refractivity contribution >= 4 is 39.3 Å². The molecule has 4 aliphatic rings. The average Bonchev–Trinajstić information content (AvgIpc) is 3.18. The highest BCUT2D eigenvalue weighted by Gasteiger charge is 2.46. The minimum absolute atomic E-state index is 0.0144. The molecule has 2 N–H and O–H groups in total. The molecule has 3 heterocycles. The molecule has 260 valence electrons. The molecule has 0 saturated heterocycles. The Kier molecular flexibility index (Phi) is 9.52. The first-order valence-corrected chi connectivity index (χ1v) is 18.8. The quantitative estimate of drug-likeness (QED) is 0.381. The molecular weight excluding hydrogens is 654 g/mol. The second-order valence-corrected chi connectivity index (χ2v) is 16.6. The van der Waals surface area contributed by atoms with E-state index in [2.05, 4.69) is 34.0 Å². The highest BCUT2D eigenvalue weighted by molar-refractivity contribution is 7.90. The van der Waals surface area contributed by atoms with Gasteiger partial charge in [-0.05, 0) is 92.5 Å². The van der Waals surface area contributed by atoms with Crippen LogP contribution in [0.5, 0.6) is 5.75 Å². The summed E-state index contributed by atoms with van der Waals surface area (Å²) in [7, 11) is -4.25. The van der Waals surface area contributed by atoms with Crippen molar-refractivity contribution in [3.63, 3.8) is 0 Å². The third kappa shape index (κ3) is 6.65. The highest BCUT2D eigenvalue weighted by Crippen LogP contribution is 2.50. The molecule has 1 spiro atoms. The molecular formula is C36H46ClN3O7S. The molecule has 2 aromatic carbocycles. The molecule has 0 saturated carbocycles. The molecule has 6 rings (SSSR count). The van der Waals surface area contributed by atoms with E-state index in [0.717, 1.165) is 24.8 Å². The number of amides is 2. The lowest BCUT2D eigenvalue weighted by atomic mass is 9.67. The molecule has 4 atom stereocenters. The maximum atomic E-state index is 13.6. The van der Waals surface area contributed by atoms with E-state index in [1.807, 2.05) is 19.9 Å². The topological polar surface area (TPSA) is 123 Å². The Hall–Kier alpha value is -3.28. The largest absolute Gasteiger partial charge is 0.490 e. The number of carbonyl (C=O) groups excluding carboxylic acids is 2.